The predicted molar refractivity (Wildman–Crippen MR) is 88.6 cm³/mol. The van der Waals surface area contributed by atoms with Gasteiger partial charge in [0.1, 0.15) is 0 Å². The van der Waals surface area contributed by atoms with Gasteiger partial charge in [0, 0.05) is 37.6 Å². The molecule has 1 aromatic rings. The number of nitrogens with zero attached hydrogens (tertiary/aromatic N) is 2. The van der Waals surface area contributed by atoms with Crippen molar-refractivity contribution < 1.29 is 4.79 Å². The molecule has 0 aromatic heterocycles. The van der Waals surface area contributed by atoms with Crippen molar-refractivity contribution in [2.45, 2.75) is 18.4 Å². The number of nitrogens with one attached hydrogen (secondary N) is 1. The molecular weight excluding hydrogens is 282 g/mol. The first-order chi connectivity index (χ1) is 10.2. The first-order valence-electron chi connectivity index (χ1n) is 7.58. The molecule has 116 valence electrons. The molecule has 1 aliphatic rings. The maximum Gasteiger partial charge on any atom is 0.233 e. The Bertz CT molecular complexity index is 459. The van der Waals surface area contributed by atoms with E-state index in [1.165, 1.54) is 10.5 Å². The van der Waals surface area contributed by atoms with Crippen molar-refractivity contribution in [1.29, 1.82) is 0 Å². The lowest BCUT2D eigenvalue weighted by Crippen LogP contribution is -2.47. The molecule has 0 radical (unpaired) electrons. The van der Waals surface area contributed by atoms with E-state index in [4.69, 9.17) is 0 Å². The quantitative estimate of drug-likeness (QED) is 0.811. The number of likely N-dealkylation sites (N-methyl/N-ethyl adjacent to an activating group) is 1. The smallest absolute Gasteiger partial charge is 0.233 e. The standard InChI is InChI=1S/C16H25N3OS/c1-3-17-12-14-5-4-6-15(11-14)21-13-16(20)19-9-7-18(2)8-10-19/h4-6,11,17H,3,7-10,12-13H2,1-2H3. The summed E-state index contributed by atoms with van der Waals surface area (Å²) >= 11 is 1.64. The zero-order valence-electron chi connectivity index (χ0n) is 13.0. The van der Waals surface area contributed by atoms with Crippen LogP contribution in [0.1, 0.15) is 12.5 Å². The molecule has 0 saturated carbocycles. The van der Waals surface area contributed by atoms with Gasteiger partial charge in [0.05, 0.1) is 5.75 Å². The highest BCUT2D eigenvalue weighted by molar-refractivity contribution is 8.00. The molecule has 0 bridgehead atoms. The summed E-state index contributed by atoms with van der Waals surface area (Å²) in [6.07, 6.45) is 0. The van der Waals surface area contributed by atoms with Gasteiger partial charge >= 0.3 is 0 Å². The minimum Gasteiger partial charge on any atom is -0.339 e. The predicted octanol–water partition coefficient (Wildman–Crippen LogP) is 1.66. The largest absolute Gasteiger partial charge is 0.339 e. The van der Waals surface area contributed by atoms with Crippen LogP contribution in [0, 0.1) is 0 Å². The number of benzene rings is 1. The van der Waals surface area contributed by atoms with Crippen molar-refractivity contribution in [1.82, 2.24) is 15.1 Å². The van der Waals surface area contributed by atoms with Crippen molar-refractivity contribution in [3.63, 3.8) is 0 Å². The summed E-state index contributed by atoms with van der Waals surface area (Å²) in [5, 5.41) is 3.32. The number of thioether (sulfide) groups is 1. The summed E-state index contributed by atoms with van der Waals surface area (Å²) in [4.78, 5) is 17.6. The van der Waals surface area contributed by atoms with Crippen molar-refractivity contribution in [3.05, 3.63) is 29.8 Å². The maximum absolute atomic E-state index is 12.2. The van der Waals surface area contributed by atoms with Crippen LogP contribution in [0.25, 0.3) is 0 Å². The van der Waals surface area contributed by atoms with Crippen molar-refractivity contribution in [2.24, 2.45) is 0 Å². The Morgan fingerprint density at radius 3 is 2.76 bits per heavy atom. The van der Waals surface area contributed by atoms with E-state index in [0.29, 0.717) is 5.75 Å². The molecule has 5 heteroatoms. The summed E-state index contributed by atoms with van der Waals surface area (Å²) in [7, 11) is 2.10. The Balaban J connectivity index is 1.80. The Labute approximate surface area is 131 Å². The van der Waals surface area contributed by atoms with Crippen molar-refractivity contribution in [3.8, 4) is 0 Å². The van der Waals surface area contributed by atoms with E-state index in [1.54, 1.807) is 11.8 Å². The second kappa shape index (κ2) is 8.41. The lowest BCUT2D eigenvalue weighted by atomic mass is 10.2. The molecule has 0 spiro atoms. The van der Waals surface area contributed by atoms with E-state index in [1.807, 2.05) is 4.90 Å². The third kappa shape index (κ3) is 5.34. The summed E-state index contributed by atoms with van der Waals surface area (Å²) in [5.74, 6) is 0.791. The van der Waals surface area contributed by atoms with Gasteiger partial charge < -0.3 is 15.1 Å². The molecule has 4 nitrogen and oxygen atoms in total. The second-order valence-electron chi connectivity index (χ2n) is 5.40. The van der Waals surface area contributed by atoms with E-state index >= 15 is 0 Å². The number of piperazine rings is 1. The number of hydrogen-bond donors (Lipinski definition) is 1. The molecule has 21 heavy (non-hydrogen) atoms. The maximum atomic E-state index is 12.2. The molecule has 1 saturated heterocycles. The summed E-state index contributed by atoms with van der Waals surface area (Å²) in [5.41, 5.74) is 1.27. The minimum atomic E-state index is 0.255. The van der Waals surface area contributed by atoms with Crippen LogP contribution in [-0.4, -0.2) is 61.2 Å². The monoisotopic (exact) mass is 307 g/mol. The third-order valence-electron chi connectivity index (χ3n) is 3.70. The molecule has 1 heterocycles. The van der Waals surface area contributed by atoms with Gasteiger partial charge in [-0.1, -0.05) is 19.1 Å². The average molecular weight is 307 g/mol. The van der Waals surface area contributed by atoms with Gasteiger partial charge in [-0.25, -0.2) is 0 Å². The van der Waals surface area contributed by atoms with Crippen LogP contribution in [-0.2, 0) is 11.3 Å². The molecule has 0 unspecified atom stereocenters. The zero-order valence-corrected chi connectivity index (χ0v) is 13.8. The fourth-order valence-electron chi connectivity index (χ4n) is 2.31. The minimum absolute atomic E-state index is 0.255. The molecule has 1 aliphatic heterocycles. The Hall–Kier alpha value is -1.04. The Kier molecular flexibility index (Phi) is 6.54. The van der Waals surface area contributed by atoms with Crippen LogP contribution in [0.4, 0.5) is 0 Å². The van der Waals surface area contributed by atoms with Gasteiger partial charge in [-0.2, -0.15) is 0 Å². The molecule has 2 rings (SSSR count). The van der Waals surface area contributed by atoms with Crippen LogP contribution < -0.4 is 5.32 Å². The fourth-order valence-corrected chi connectivity index (χ4v) is 3.19. The van der Waals surface area contributed by atoms with E-state index in [2.05, 4.69) is 48.5 Å². The molecule has 1 amide bonds. The first-order valence-corrected chi connectivity index (χ1v) is 8.56. The van der Waals surface area contributed by atoms with Gasteiger partial charge in [0.25, 0.3) is 0 Å². The van der Waals surface area contributed by atoms with Crippen molar-refractivity contribution in [2.75, 3.05) is 45.5 Å². The lowest BCUT2D eigenvalue weighted by molar-refractivity contribution is -0.129. The number of rotatable bonds is 6. The number of hydrogen-bond acceptors (Lipinski definition) is 4. The highest BCUT2D eigenvalue weighted by atomic mass is 32.2. The zero-order chi connectivity index (χ0) is 15.1. The molecule has 0 atom stereocenters. The van der Waals surface area contributed by atoms with Crippen LogP contribution in [0.3, 0.4) is 0 Å². The van der Waals surface area contributed by atoms with Gasteiger partial charge in [0.2, 0.25) is 5.91 Å². The van der Waals surface area contributed by atoms with Crippen LogP contribution in [0.5, 0.6) is 0 Å². The second-order valence-corrected chi connectivity index (χ2v) is 6.45. The summed E-state index contributed by atoms with van der Waals surface area (Å²) in [6, 6.07) is 8.44. The topological polar surface area (TPSA) is 35.6 Å². The van der Waals surface area contributed by atoms with E-state index < -0.39 is 0 Å². The average Bonchev–Trinajstić information content (AvgIpc) is 2.52. The molecule has 0 aliphatic carbocycles. The van der Waals surface area contributed by atoms with Gasteiger partial charge in [-0.3, -0.25) is 4.79 Å². The number of amides is 1. The van der Waals surface area contributed by atoms with Crippen LogP contribution in [0.15, 0.2) is 29.2 Å². The van der Waals surface area contributed by atoms with E-state index in [9.17, 15) is 4.79 Å². The molecule has 1 N–H and O–H groups in total. The highest BCUT2D eigenvalue weighted by Crippen LogP contribution is 2.20. The Morgan fingerprint density at radius 1 is 1.29 bits per heavy atom. The molecule has 1 fully saturated rings. The molecule has 1 aromatic carbocycles. The van der Waals surface area contributed by atoms with Crippen LogP contribution >= 0.6 is 11.8 Å². The normalized spacial score (nSPS) is 16.2. The summed E-state index contributed by atoms with van der Waals surface area (Å²) < 4.78 is 0. The number of carbonyl (C=O) groups excluding carboxylic acids is 1. The molecular formula is C16H25N3OS. The van der Waals surface area contributed by atoms with Gasteiger partial charge in [0.15, 0.2) is 0 Å². The van der Waals surface area contributed by atoms with Crippen molar-refractivity contribution >= 4 is 17.7 Å². The van der Waals surface area contributed by atoms with Gasteiger partial charge in [-0.15, -0.1) is 11.8 Å². The van der Waals surface area contributed by atoms with E-state index in [0.717, 1.165) is 39.3 Å². The highest BCUT2D eigenvalue weighted by Gasteiger charge is 2.18. The fraction of sp³-hybridized carbons (Fsp3) is 0.562. The van der Waals surface area contributed by atoms with Gasteiger partial charge in [-0.05, 0) is 31.3 Å². The van der Waals surface area contributed by atoms with Crippen LogP contribution in [0.2, 0.25) is 0 Å². The third-order valence-corrected chi connectivity index (χ3v) is 4.67. The SMILES string of the molecule is CCNCc1cccc(SCC(=O)N2CCN(C)CC2)c1. The lowest BCUT2D eigenvalue weighted by Gasteiger charge is -2.32. The first kappa shape index (κ1) is 16.3. The van der Waals surface area contributed by atoms with E-state index in [-0.39, 0.29) is 5.91 Å². The Morgan fingerprint density at radius 2 is 2.05 bits per heavy atom. The number of carbonyl (C=O) groups is 1. The summed E-state index contributed by atoms with van der Waals surface area (Å²) in [6.45, 7) is 7.64.